The van der Waals surface area contributed by atoms with E-state index in [4.69, 9.17) is 5.73 Å². The monoisotopic (exact) mass is 150 g/mol. The van der Waals surface area contributed by atoms with Crippen molar-refractivity contribution in [2.24, 2.45) is 0 Å². The van der Waals surface area contributed by atoms with Gasteiger partial charge in [-0.25, -0.2) is 0 Å². The van der Waals surface area contributed by atoms with Crippen molar-refractivity contribution in [2.75, 3.05) is 5.73 Å². The van der Waals surface area contributed by atoms with Gasteiger partial charge in [-0.3, -0.25) is 0 Å². The Kier molecular flexibility index (Phi) is 1.03. The topological polar surface area (TPSA) is 93.4 Å². The van der Waals surface area contributed by atoms with Crippen LogP contribution in [0.3, 0.4) is 0 Å². The molecule has 0 spiro atoms. The maximum atomic E-state index is 5.47. The van der Waals surface area contributed by atoms with E-state index in [2.05, 4.69) is 25.6 Å². The third-order valence-corrected chi connectivity index (χ3v) is 1.44. The fourth-order valence-corrected chi connectivity index (χ4v) is 0.885. The number of aromatic amines is 1. The SMILES string of the molecule is Cc1nnc(N)c2n[nH]nc12. The van der Waals surface area contributed by atoms with Gasteiger partial charge in [-0.15, -0.1) is 5.10 Å². The Labute approximate surface area is 61.8 Å². The molecule has 0 radical (unpaired) electrons. The van der Waals surface area contributed by atoms with E-state index >= 15 is 0 Å². The molecular formula is C5H6N6. The van der Waals surface area contributed by atoms with Gasteiger partial charge in [0, 0.05) is 0 Å². The highest BCUT2D eigenvalue weighted by molar-refractivity contribution is 5.84. The minimum Gasteiger partial charge on any atom is -0.380 e. The van der Waals surface area contributed by atoms with E-state index in [0.29, 0.717) is 16.9 Å². The normalized spacial score (nSPS) is 10.6. The summed E-state index contributed by atoms with van der Waals surface area (Å²) in [6, 6.07) is 0. The first-order valence-electron chi connectivity index (χ1n) is 3.08. The van der Waals surface area contributed by atoms with Gasteiger partial charge in [-0.05, 0) is 6.92 Å². The Bertz CT molecular complexity index is 355. The molecular weight excluding hydrogens is 144 g/mol. The van der Waals surface area contributed by atoms with Crippen LogP contribution < -0.4 is 5.73 Å². The highest BCUT2D eigenvalue weighted by Gasteiger charge is 2.06. The summed E-state index contributed by atoms with van der Waals surface area (Å²) in [5, 5.41) is 17.6. The predicted molar refractivity (Wildman–Crippen MR) is 38.6 cm³/mol. The van der Waals surface area contributed by atoms with Crippen molar-refractivity contribution in [1.29, 1.82) is 0 Å². The van der Waals surface area contributed by atoms with Crippen LogP contribution in [0.1, 0.15) is 5.69 Å². The Hall–Kier alpha value is -1.72. The number of aromatic nitrogens is 5. The molecule has 0 amide bonds. The van der Waals surface area contributed by atoms with Crippen molar-refractivity contribution in [1.82, 2.24) is 25.6 Å². The highest BCUT2D eigenvalue weighted by atomic mass is 15.3. The lowest BCUT2D eigenvalue weighted by atomic mass is 10.3. The van der Waals surface area contributed by atoms with Gasteiger partial charge in [0.2, 0.25) is 0 Å². The van der Waals surface area contributed by atoms with Crippen molar-refractivity contribution in [2.45, 2.75) is 6.92 Å². The van der Waals surface area contributed by atoms with E-state index in [0.717, 1.165) is 5.69 Å². The van der Waals surface area contributed by atoms with Crippen LogP contribution in [0, 0.1) is 6.92 Å². The van der Waals surface area contributed by atoms with Crippen molar-refractivity contribution in [3.63, 3.8) is 0 Å². The number of hydrogen-bond donors (Lipinski definition) is 2. The first-order chi connectivity index (χ1) is 5.29. The highest BCUT2D eigenvalue weighted by Crippen LogP contribution is 2.13. The molecule has 0 saturated carbocycles. The summed E-state index contributed by atoms with van der Waals surface area (Å²) in [5.41, 5.74) is 7.46. The number of aryl methyl sites for hydroxylation is 1. The van der Waals surface area contributed by atoms with E-state index in [1.54, 1.807) is 6.92 Å². The van der Waals surface area contributed by atoms with Crippen molar-refractivity contribution < 1.29 is 0 Å². The smallest absolute Gasteiger partial charge is 0.176 e. The second kappa shape index (κ2) is 1.88. The molecule has 2 aromatic rings. The Morgan fingerprint density at radius 2 is 1.91 bits per heavy atom. The average Bonchev–Trinajstić information content (AvgIpc) is 2.45. The number of rotatable bonds is 0. The van der Waals surface area contributed by atoms with Crippen LogP contribution >= 0.6 is 0 Å². The quantitative estimate of drug-likeness (QED) is 0.534. The average molecular weight is 150 g/mol. The molecule has 3 N–H and O–H groups in total. The van der Waals surface area contributed by atoms with Crippen LogP contribution in [0.2, 0.25) is 0 Å². The van der Waals surface area contributed by atoms with Gasteiger partial charge < -0.3 is 5.73 Å². The zero-order valence-electron chi connectivity index (χ0n) is 5.87. The maximum absolute atomic E-state index is 5.47. The number of fused-ring (bicyclic) bond motifs is 1. The molecule has 56 valence electrons. The number of anilines is 1. The summed E-state index contributed by atoms with van der Waals surface area (Å²) in [4.78, 5) is 0. The van der Waals surface area contributed by atoms with Gasteiger partial charge in [0.1, 0.15) is 5.52 Å². The van der Waals surface area contributed by atoms with E-state index < -0.39 is 0 Å². The van der Waals surface area contributed by atoms with Crippen LogP contribution in [0.5, 0.6) is 0 Å². The first kappa shape index (κ1) is 6.02. The van der Waals surface area contributed by atoms with Crippen LogP contribution in [-0.4, -0.2) is 25.6 Å². The summed E-state index contributed by atoms with van der Waals surface area (Å²) >= 11 is 0. The number of H-pyrrole nitrogens is 1. The molecule has 0 fully saturated rings. The molecule has 11 heavy (non-hydrogen) atoms. The van der Waals surface area contributed by atoms with Crippen LogP contribution in [0.15, 0.2) is 0 Å². The minimum absolute atomic E-state index is 0.305. The zero-order chi connectivity index (χ0) is 7.84. The summed E-state index contributed by atoms with van der Waals surface area (Å²) in [6.45, 7) is 1.80. The van der Waals surface area contributed by atoms with Gasteiger partial charge >= 0.3 is 0 Å². The van der Waals surface area contributed by atoms with E-state index in [1.165, 1.54) is 0 Å². The molecule has 0 unspecified atom stereocenters. The number of nitrogen functional groups attached to an aromatic ring is 1. The largest absolute Gasteiger partial charge is 0.380 e. The van der Waals surface area contributed by atoms with E-state index in [1.807, 2.05) is 0 Å². The third kappa shape index (κ3) is 0.721. The lowest BCUT2D eigenvalue weighted by molar-refractivity contribution is 0.956. The predicted octanol–water partition coefficient (Wildman–Crippen LogP) is -0.361. The zero-order valence-corrected chi connectivity index (χ0v) is 5.87. The van der Waals surface area contributed by atoms with E-state index in [-0.39, 0.29) is 0 Å². The molecule has 0 aliphatic carbocycles. The second-order valence-electron chi connectivity index (χ2n) is 2.19. The van der Waals surface area contributed by atoms with Gasteiger partial charge in [0.05, 0.1) is 5.69 Å². The summed E-state index contributed by atoms with van der Waals surface area (Å²) in [7, 11) is 0. The molecule has 6 nitrogen and oxygen atoms in total. The lowest BCUT2D eigenvalue weighted by Gasteiger charge is -1.92. The molecule has 0 aliphatic heterocycles. The fraction of sp³-hybridized carbons (Fsp3) is 0.200. The molecule has 2 rings (SSSR count). The van der Waals surface area contributed by atoms with Gasteiger partial charge in [0.15, 0.2) is 11.3 Å². The lowest BCUT2D eigenvalue weighted by Crippen LogP contribution is -1.96. The van der Waals surface area contributed by atoms with Crippen LogP contribution in [0.4, 0.5) is 5.82 Å². The summed E-state index contributed by atoms with van der Waals surface area (Å²) in [5.74, 6) is 0.305. The third-order valence-electron chi connectivity index (χ3n) is 1.44. The number of nitrogens with one attached hydrogen (secondary N) is 1. The standard InChI is InChI=1S/C5H6N6/c1-2-3-4(9-11-8-3)5(6)10-7-2/h1H3,(H2,6,10)(H,8,9,11). The second-order valence-corrected chi connectivity index (χ2v) is 2.19. The molecule has 2 heterocycles. The molecule has 0 bridgehead atoms. The number of nitrogens with zero attached hydrogens (tertiary/aromatic N) is 4. The number of hydrogen-bond acceptors (Lipinski definition) is 5. The van der Waals surface area contributed by atoms with Gasteiger partial charge in [-0.1, -0.05) is 0 Å². The molecule has 0 saturated heterocycles. The Morgan fingerprint density at radius 3 is 2.64 bits per heavy atom. The minimum atomic E-state index is 0.305. The Morgan fingerprint density at radius 1 is 1.18 bits per heavy atom. The molecule has 0 atom stereocenters. The molecule has 0 aliphatic rings. The molecule has 6 heteroatoms. The molecule has 2 aromatic heterocycles. The van der Waals surface area contributed by atoms with Gasteiger partial charge in [0.25, 0.3) is 0 Å². The van der Waals surface area contributed by atoms with Gasteiger partial charge in [-0.2, -0.15) is 20.5 Å². The number of nitrogens with two attached hydrogens (primary N) is 1. The van der Waals surface area contributed by atoms with E-state index in [9.17, 15) is 0 Å². The Balaban J connectivity index is 2.96. The van der Waals surface area contributed by atoms with Crippen molar-refractivity contribution in [3.05, 3.63) is 5.69 Å². The first-order valence-corrected chi connectivity index (χ1v) is 3.08. The maximum Gasteiger partial charge on any atom is 0.176 e. The van der Waals surface area contributed by atoms with Crippen LogP contribution in [-0.2, 0) is 0 Å². The van der Waals surface area contributed by atoms with Crippen molar-refractivity contribution >= 4 is 16.9 Å². The molecule has 0 aromatic carbocycles. The summed E-state index contributed by atoms with van der Waals surface area (Å²) in [6.07, 6.45) is 0. The fourth-order valence-electron chi connectivity index (χ4n) is 0.885. The summed E-state index contributed by atoms with van der Waals surface area (Å²) < 4.78 is 0. The van der Waals surface area contributed by atoms with Crippen LogP contribution in [0.25, 0.3) is 11.0 Å². The van der Waals surface area contributed by atoms with Crippen molar-refractivity contribution in [3.8, 4) is 0 Å².